The Kier molecular flexibility index (Phi) is 6.08. The van der Waals surface area contributed by atoms with Crippen molar-refractivity contribution in [3.05, 3.63) is 36.7 Å². The van der Waals surface area contributed by atoms with E-state index in [0.717, 1.165) is 53.6 Å². The van der Waals surface area contributed by atoms with Gasteiger partial charge in [-0.25, -0.2) is 9.97 Å². The number of nitrogens with zero attached hydrogens (tertiary/aromatic N) is 5. The monoisotopic (exact) mass is 436 g/mol. The first kappa shape index (κ1) is 20.3. The Morgan fingerprint density at radius 1 is 0.806 bits per heavy atom. The molecule has 162 valence electrons. The maximum absolute atomic E-state index is 6.35. The number of hydrogen-bond donors (Lipinski definition) is 1. The summed E-state index contributed by atoms with van der Waals surface area (Å²) >= 11 is 1.39. The van der Waals surface area contributed by atoms with Crippen LogP contribution >= 0.6 is 11.3 Å². The number of aromatic nitrogens is 4. The zero-order chi connectivity index (χ0) is 21.0. The fraction of sp³-hybridized carbons (Fsp3) is 0.478. The average Bonchev–Trinajstić information content (AvgIpc) is 3.27. The molecule has 1 saturated heterocycles. The van der Waals surface area contributed by atoms with Gasteiger partial charge in [-0.15, -0.1) is 10.2 Å². The molecule has 0 atom stereocenters. The number of nitrogens with two attached hydrogens (primary N) is 1. The van der Waals surface area contributed by atoms with E-state index in [-0.39, 0.29) is 0 Å². The lowest BCUT2D eigenvalue weighted by molar-refractivity contribution is -0.0396. The Hall–Kier alpha value is -2.58. The Labute approximate surface area is 186 Å². The zero-order valence-electron chi connectivity index (χ0n) is 17.6. The SMILES string of the molecule is Nc1nnc(-c2ccc(-c3cnc(N4CCC(OC5CCCCC5)CC4)nc3)cc2)s1. The molecule has 8 heteroatoms. The molecule has 5 rings (SSSR count). The van der Waals surface area contributed by atoms with Crippen molar-refractivity contribution in [1.29, 1.82) is 0 Å². The van der Waals surface area contributed by atoms with Crippen molar-refractivity contribution in [2.45, 2.75) is 57.2 Å². The van der Waals surface area contributed by atoms with E-state index >= 15 is 0 Å². The van der Waals surface area contributed by atoms with Gasteiger partial charge in [0, 0.05) is 36.6 Å². The van der Waals surface area contributed by atoms with Crippen LogP contribution in [0.3, 0.4) is 0 Å². The van der Waals surface area contributed by atoms with Crippen molar-refractivity contribution in [3.8, 4) is 21.7 Å². The lowest BCUT2D eigenvalue weighted by Crippen LogP contribution is -2.39. The summed E-state index contributed by atoms with van der Waals surface area (Å²) in [5, 5.41) is 9.27. The van der Waals surface area contributed by atoms with Crippen LogP contribution in [0.25, 0.3) is 21.7 Å². The third kappa shape index (κ3) is 4.85. The second-order valence-electron chi connectivity index (χ2n) is 8.38. The van der Waals surface area contributed by atoms with Crippen LogP contribution in [-0.2, 0) is 4.74 Å². The van der Waals surface area contributed by atoms with Gasteiger partial charge in [0.2, 0.25) is 11.1 Å². The van der Waals surface area contributed by atoms with E-state index < -0.39 is 0 Å². The van der Waals surface area contributed by atoms with Crippen LogP contribution in [0.1, 0.15) is 44.9 Å². The lowest BCUT2D eigenvalue weighted by atomic mass is 9.97. The minimum atomic E-state index is 0.389. The molecule has 2 aromatic heterocycles. The van der Waals surface area contributed by atoms with Gasteiger partial charge in [-0.05, 0) is 31.2 Å². The summed E-state index contributed by atoms with van der Waals surface area (Å²) in [6, 6.07) is 8.17. The maximum Gasteiger partial charge on any atom is 0.225 e. The molecule has 3 aromatic rings. The third-order valence-corrected chi connectivity index (χ3v) is 7.01. The number of benzene rings is 1. The molecular weight excluding hydrogens is 408 g/mol. The number of anilines is 2. The van der Waals surface area contributed by atoms with Crippen molar-refractivity contribution in [3.63, 3.8) is 0 Å². The van der Waals surface area contributed by atoms with Crippen molar-refractivity contribution in [2.75, 3.05) is 23.7 Å². The summed E-state index contributed by atoms with van der Waals surface area (Å²) in [6.45, 7) is 1.91. The molecule has 0 spiro atoms. The Morgan fingerprint density at radius 3 is 2.10 bits per heavy atom. The molecule has 1 saturated carbocycles. The van der Waals surface area contributed by atoms with Gasteiger partial charge < -0.3 is 15.4 Å². The molecule has 31 heavy (non-hydrogen) atoms. The average molecular weight is 437 g/mol. The minimum absolute atomic E-state index is 0.389. The van der Waals surface area contributed by atoms with Gasteiger partial charge in [-0.3, -0.25) is 0 Å². The first-order valence-corrected chi connectivity index (χ1v) is 12.0. The number of piperidine rings is 1. The molecule has 2 N–H and O–H groups in total. The van der Waals surface area contributed by atoms with E-state index in [9.17, 15) is 0 Å². The van der Waals surface area contributed by atoms with Gasteiger partial charge in [-0.2, -0.15) is 0 Å². The van der Waals surface area contributed by atoms with Gasteiger partial charge in [0.1, 0.15) is 5.01 Å². The standard InChI is InChI=1S/C23H28N6OS/c24-22-28-27-21(31-22)17-8-6-16(7-9-17)18-14-25-23(26-15-18)29-12-10-20(11-13-29)30-19-4-2-1-3-5-19/h6-9,14-15,19-20H,1-5,10-13H2,(H2,24,28). The molecule has 0 amide bonds. The second-order valence-corrected chi connectivity index (χ2v) is 9.39. The van der Waals surface area contributed by atoms with Crippen LogP contribution < -0.4 is 10.6 Å². The predicted molar refractivity (Wildman–Crippen MR) is 124 cm³/mol. The second kappa shape index (κ2) is 9.28. The van der Waals surface area contributed by atoms with Crippen LogP contribution in [0, 0.1) is 0 Å². The lowest BCUT2D eigenvalue weighted by Gasteiger charge is -2.34. The van der Waals surface area contributed by atoms with Crippen LogP contribution in [0.5, 0.6) is 0 Å². The topological polar surface area (TPSA) is 90.0 Å². The molecule has 2 aliphatic rings. The number of hydrogen-bond acceptors (Lipinski definition) is 8. The summed E-state index contributed by atoms with van der Waals surface area (Å²) in [6.07, 6.45) is 13.3. The van der Waals surface area contributed by atoms with E-state index in [1.165, 1.54) is 43.4 Å². The van der Waals surface area contributed by atoms with Crippen LogP contribution in [0.2, 0.25) is 0 Å². The van der Waals surface area contributed by atoms with Gasteiger partial charge in [0.25, 0.3) is 0 Å². The minimum Gasteiger partial charge on any atom is -0.375 e. The predicted octanol–water partition coefficient (Wildman–Crippen LogP) is 4.56. The summed E-state index contributed by atoms with van der Waals surface area (Å²) in [4.78, 5) is 11.6. The smallest absolute Gasteiger partial charge is 0.225 e. The van der Waals surface area contributed by atoms with Crippen molar-refractivity contribution in [2.24, 2.45) is 0 Å². The maximum atomic E-state index is 6.35. The van der Waals surface area contributed by atoms with Gasteiger partial charge >= 0.3 is 0 Å². The van der Waals surface area contributed by atoms with E-state index in [2.05, 4.69) is 37.2 Å². The summed E-state index contributed by atoms with van der Waals surface area (Å²) in [5.74, 6) is 0.806. The molecule has 1 aliphatic carbocycles. The molecule has 3 heterocycles. The fourth-order valence-electron chi connectivity index (χ4n) is 4.46. The van der Waals surface area contributed by atoms with E-state index in [1.54, 1.807) is 0 Å². The highest BCUT2D eigenvalue weighted by atomic mass is 32.1. The molecule has 0 unspecified atom stereocenters. The zero-order valence-corrected chi connectivity index (χ0v) is 18.4. The molecule has 2 fully saturated rings. The highest BCUT2D eigenvalue weighted by molar-refractivity contribution is 7.18. The highest BCUT2D eigenvalue weighted by Gasteiger charge is 2.25. The third-order valence-electron chi connectivity index (χ3n) is 6.21. The molecule has 0 radical (unpaired) electrons. The van der Waals surface area contributed by atoms with Gasteiger partial charge in [-0.1, -0.05) is 54.9 Å². The van der Waals surface area contributed by atoms with E-state index in [0.29, 0.717) is 17.3 Å². The quantitative estimate of drug-likeness (QED) is 0.627. The van der Waals surface area contributed by atoms with Crippen LogP contribution in [0.4, 0.5) is 11.1 Å². The number of ether oxygens (including phenoxy) is 1. The number of rotatable bonds is 5. The van der Waals surface area contributed by atoms with Crippen molar-refractivity contribution in [1.82, 2.24) is 20.2 Å². The molecule has 7 nitrogen and oxygen atoms in total. The normalized spacial score (nSPS) is 18.4. The largest absolute Gasteiger partial charge is 0.375 e. The summed E-state index contributed by atoms with van der Waals surface area (Å²) in [5.41, 5.74) is 8.77. The first-order chi connectivity index (χ1) is 15.2. The van der Waals surface area contributed by atoms with E-state index in [4.69, 9.17) is 10.5 Å². The molecule has 1 aromatic carbocycles. The number of nitrogen functional groups attached to an aromatic ring is 1. The Morgan fingerprint density at radius 2 is 1.45 bits per heavy atom. The Balaban J connectivity index is 1.17. The fourth-order valence-corrected chi connectivity index (χ4v) is 5.07. The first-order valence-electron chi connectivity index (χ1n) is 11.2. The van der Waals surface area contributed by atoms with E-state index in [1.807, 2.05) is 24.5 Å². The molecule has 0 bridgehead atoms. The highest BCUT2D eigenvalue weighted by Crippen LogP contribution is 2.28. The Bertz CT molecular complexity index is 976. The summed E-state index contributed by atoms with van der Waals surface area (Å²) in [7, 11) is 0. The molecular formula is C23H28N6OS. The van der Waals surface area contributed by atoms with Crippen LogP contribution in [-0.4, -0.2) is 45.5 Å². The van der Waals surface area contributed by atoms with Crippen molar-refractivity contribution < 1.29 is 4.74 Å². The van der Waals surface area contributed by atoms with Crippen LogP contribution in [0.15, 0.2) is 36.7 Å². The van der Waals surface area contributed by atoms with Gasteiger partial charge in [0.05, 0.1) is 12.2 Å². The molecule has 1 aliphatic heterocycles. The van der Waals surface area contributed by atoms with Crippen molar-refractivity contribution >= 4 is 22.4 Å². The van der Waals surface area contributed by atoms with Gasteiger partial charge in [0.15, 0.2) is 0 Å². The summed E-state index contributed by atoms with van der Waals surface area (Å²) < 4.78 is 6.35.